The Morgan fingerprint density at radius 3 is 1.47 bits per heavy atom. The second-order valence-electron chi connectivity index (χ2n) is 4.00. The molecule has 0 aromatic heterocycles. The fourth-order valence-corrected chi connectivity index (χ4v) is 2.14. The Morgan fingerprint density at radius 1 is 0.882 bits per heavy atom. The van der Waals surface area contributed by atoms with Gasteiger partial charge < -0.3 is 5.11 Å². The molecule has 0 atom stereocenters. The number of halogens is 6. The normalized spacial score (nSPS) is 21.9. The molecule has 0 heterocycles. The van der Waals surface area contributed by atoms with Gasteiger partial charge in [0, 0.05) is 0 Å². The van der Waals surface area contributed by atoms with E-state index in [9.17, 15) is 26.3 Å². The quantitative estimate of drug-likeness (QED) is 0.460. The summed E-state index contributed by atoms with van der Waals surface area (Å²) in [6.45, 7) is 0. The zero-order chi connectivity index (χ0) is 13.5. The van der Waals surface area contributed by atoms with Gasteiger partial charge in [-0.25, -0.2) is 4.89 Å². The molecule has 1 aliphatic carbocycles. The number of hydrogen-bond acceptors (Lipinski definition) is 3. The molecule has 3 nitrogen and oxygen atoms in total. The Morgan fingerprint density at radius 2 is 1.24 bits per heavy atom. The first-order valence-corrected chi connectivity index (χ1v) is 4.70. The highest BCUT2D eigenvalue weighted by molar-refractivity contribution is 5.11. The molecule has 1 rings (SSSR count). The molecule has 0 radical (unpaired) electrons. The van der Waals surface area contributed by atoms with Crippen LogP contribution in [0.2, 0.25) is 0 Å². The van der Waals surface area contributed by atoms with E-state index in [-0.39, 0.29) is 12.8 Å². The van der Waals surface area contributed by atoms with Crippen LogP contribution in [0.3, 0.4) is 0 Å². The van der Waals surface area contributed by atoms with Crippen molar-refractivity contribution in [3.63, 3.8) is 0 Å². The average molecular weight is 268 g/mol. The molecule has 1 aliphatic rings. The zero-order valence-electron chi connectivity index (χ0n) is 8.40. The van der Waals surface area contributed by atoms with E-state index in [0.717, 1.165) is 0 Å². The number of aliphatic hydroxyl groups is 1. The molecule has 0 saturated heterocycles. The summed E-state index contributed by atoms with van der Waals surface area (Å²) in [4.78, 5) is 3.43. The van der Waals surface area contributed by atoms with Gasteiger partial charge in [-0.2, -0.15) is 26.3 Å². The van der Waals surface area contributed by atoms with E-state index in [1.165, 1.54) is 0 Å². The lowest BCUT2D eigenvalue weighted by molar-refractivity contribution is -0.462. The van der Waals surface area contributed by atoms with Crippen molar-refractivity contribution in [3.8, 4) is 0 Å². The first-order valence-electron chi connectivity index (χ1n) is 4.70. The molecule has 1 fully saturated rings. The molecular formula is C8H10F6O3. The second kappa shape index (κ2) is 3.99. The van der Waals surface area contributed by atoms with Crippen LogP contribution in [0.5, 0.6) is 0 Å². The lowest BCUT2D eigenvalue weighted by Gasteiger charge is -2.43. The summed E-state index contributed by atoms with van der Waals surface area (Å²) < 4.78 is 75.1. The first kappa shape index (κ1) is 14.5. The van der Waals surface area contributed by atoms with E-state index >= 15 is 0 Å². The van der Waals surface area contributed by atoms with E-state index in [1.807, 2.05) is 0 Å². The summed E-state index contributed by atoms with van der Waals surface area (Å²) in [5.41, 5.74) is -8.15. The molecular weight excluding hydrogens is 258 g/mol. The summed E-state index contributed by atoms with van der Waals surface area (Å²) in [7, 11) is 0. The first-order chi connectivity index (χ1) is 7.52. The maximum Gasteiger partial charge on any atom is 0.429 e. The third-order valence-corrected chi connectivity index (χ3v) is 3.07. The smallest absolute Gasteiger partial charge is 0.371 e. The maximum absolute atomic E-state index is 12.5. The third kappa shape index (κ3) is 1.89. The second-order valence-corrected chi connectivity index (χ2v) is 4.00. The molecule has 0 aliphatic heterocycles. The lowest BCUT2D eigenvalue weighted by Crippen LogP contribution is -2.70. The van der Waals surface area contributed by atoms with Gasteiger partial charge in [-0.1, -0.05) is 12.8 Å². The van der Waals surface area contributed by atoms with E-state index in [4.69, 9.17) is 10.4 Å². The summed E-state index contributed by atoms with van der Waals surface area (Å²) in [5.74, 6) is 0. The van der Waals surface area contributed by atoms with Crippen molar-refractivity contribution in [2.45, 2.75) is 49.2 Å². The van der Waals surface area contributed by atoms with E-state index in [0.29, 0.717) is 0 Å². The van der Waals surface area contributed by atoms with Gasteiger partial charge in [0.25, 0.3) is 5.60 Å². The summed E-state index contributed by atoms with van der Waals surface area (Å²) in [5, 5.41) is 17.5. The van der Waals surface area contributed by atoms with Crippen LogP contribution < -0.4 is 0 Å². The van der Waals surface area contributed by atoms with E-state index in [2.05, 4.69) is 4.89 Å². The van der Waals surface area contributed by atoms with Gasteiger partial charge in [0.2, 0.25) is 0 Å². The Hall–Kier alpha value is -0.540. The maximum atomic E-state index is 12.5. The fourth-order valence-electron chi connectivity index (χ4n) is 2.14. The van der Waals surface area contributed by atoms with Gasteiger partial charge in [0.1, 0.15) is 0 Å². The fraction of sp³-hybridized carbons (Fsp3) is 1.00. The number of alkyl halides is 6. The van der Waals surface area contributed by atoms with Crippen molar-refractivity contribution in [2.24, 2.45) is 0 Å². The SMILES string of the molecule is OOC1(C(O)(C(F)(F)F)C(F)(F)F)CCCC1. The van der Waals surface area contributed by atoms with Crippen LogP contribution in [0.1, 0.15) is 25.7 Å². The van der Waals surface area contributed by atoms with Crippen LogP contribution >= 0.6 is 0 Å². The summed E-state index contributed by atoms with van der Waals surface area (Å²) >= 11 is 0. The standard InChI is InChI=1S/C8H10F6O3/c9-7(10,11)6(15,8(12,13)14)5(17-16)3-1-2-4-5/h15-16H,1-4H2. The minimum absolute atomic E-state index is 0.00493. The highest BCUT2D eigenvalue weighted by atomic mass is 19.4. The topological polar surface area (TPSA) is 49.7 Å². The lowest BCUT2D eigenvalue weighted by atomic mass is 9.80. The predicted molar refractivity (Wildman–Crippen MR) is 42.0 cm³/mol. The molecule has 102 valence electrons. The summed E-state index contributed by atoms with van der Waals surface area (Å²) in [6, 6.07) is 0. The monoisotopic (exact) mass is 268 g/mol. The molecule has 9 heteroatoms. The molecule has 2 N–H and O–H groups in total. The molecule has 0 aromatic rings. The van der Waals surface area contributed by atoms with Crippen molar-refractivity contribution in [1.82, 2.24) is 0 Å². The Kier molecular flexibility index (Phi) is 3.41. The van der Waals surface area contributed by atoms with Crippen molar-refractivity contribution < 1.29 is 41.6 Å². The highest BCUT2D eigenvalue weighted by Crippen LogP contribution is 2.55. The molecule has 0 unspecified atom stereocenters. The molecule has 0 amide bonds. The highest BCUT2D eigenvalue weighted by Gasteiger charge is 2.80. The Balaban J connectivity index is 3.33. The number of hydrogen-bond donors (Lipinski definition) is 2. The van der Waals surface area contributed by atoms with Crippen molar-refractivity contribution in [1.29, 1.82) is 0 Å². The van der Waals surface area contributed by atoms with Crippen LogP contribution in [0.25, 0.3) is 0 Å². The molecule has 17 heavy (non-hydrogen) atoms. The average Bonchev–Trinajstić information content (AvgIpc) is 2.62. The largest absolute Gasteiger partial charge is 0.429 e. The van der Waals surface area contributed by atoms with Crippen LogP contribution in [-0.4, -0.2) is 33.9 Å². The van der Waals surface area contributed by atoms with Crippen molar-refractivity contribution >= 4 is 0 Å². The molecule has 0 bridgehead atoms. The predicted octanol–water partition coefficient (Wildman–Crippen LogP) is 2.64. The van der Waals surface area contributed by atoms with Gasteiger partial charge in [0.15, 0.2) is 5.60 Å². The van der Waals surface area contributed by atoms with Gasteiger partial charge in [-0.3, -0.25) is 5.26 Å². The van der Waals surface area contributed by atoms with Crippen LogP contribution in [0.4, 0.5) is 26.3 Å². The van der Waals surface area contributed by atoms with Gasteiger partial charge >= 0.3 is 12.4 Å². The molecule has 1 saturated carbocycles. The Labute approximate surface area is 91.9 Å². The summed E-state index contributed by atoms with van der Waals surface area (Å²) in [6.07, 6.45) is -13.4. The Bertz CT molecular complexity index is 264. The van der Waals surface area contributed by atoms with E-state index < -0.39 is 36.4 Å². The third-order valence-electron chi connectivity index (χ3n) is 3.07. The van der Waals surface area contributed by atoms with Crippen molar-refractivity contribution in [3.05, 3.63) is 0 Å². The molecule has 0 spiro atoms. The van der Waals surface area contributed by atoms with E-state index in [1.54, 1.807) is 0 Å². The van der Waals surface area contributed by atoms with Crippen LogP contribution in [-0.2, 0) is 4.89 Å². The van der Waals surface area contributed by atoms with Crippen molar-refractivity contribution in [2.75, 3.05) is 0 Å². The van der Waals surface area contributed by atoms with Crippen LogP contribution in [0, 0.1) is 0 Å². The number of rotatable bonds is 2. The van der Waals surface area contributed by atoms with Gasteiger partial charge in [-0.15, -0.1) is 0 Å². The minimum atomic E-state index is -5.99. The molecule has 0 aromatic carbocycles. The minimum Gasteiger partial charge on any atom is -0.371 e. The van der Waals surface area contributed by atoms with Gasteiger partial charge in [-0.05, 0) is 12.8 Å². The van der Waals surface area contributed by atoms with Crippen LogP contribution in [0.15, 0.2) is 0 Å². The zero-order valence-corrected chi connectivity index (χ0v) is 8.40. The van der Waals surface area contributed by atoms with Gasteiger partial charge in [0.05, 0.1) is 0 Å².